The number of pyridine rings is 1. The number of aromatic nitrogens is 1. The van der Waals surface area contributed by atoms with Crippen molar-refractivity contribution in [3.8, 4) is 0 Å². The minimum atomic E-state index is 0.840. The van der Waals surface area contributed by atoms with Gasteiger partial charge in [0.15, 0.2) is 0 Å². The van der Waals surface area contributed by atoms with E-state index in [0.717, 1.165) is 28.6 Å². The number of nitrogens with zero attached hydrogens (tertiary/aromatic N) is 1. The van der Waals surface area contributed by atoms with Crippen LogP contribution in [0, 0.1) is 0 Å². The van der Waals surface area contributed by atoms with Gasteiger partial charge in [0, 0.05) is 28.4 Å². The van der Waals surface area contributed by atoms with E-state index >= 15 is 0 Å². The second-order valence-corrected chi connectivity index (χ2v) is 3.85. The largest absolute Gasteiger partial charge is 0.398 e. The fraction of sp³-hybridized carbons (Fsp3) is 0.308. The number of hydrogen-bond donors (Lipinski definition) is 1. The molecule has 2 aromatic rings. The van der Waals surface area contributed by atoms with Crippen LogP contribution in [-0.4, -0.2) is 4.98 Å². The van der Waals surface area contributed by atoms with Crippen LogP contribution in [0.25, 0.3) is 10.8 Å². The van der Waals surface area contributed by atoms with Crippen molar-refractivity contribution in [2.75, 3.05) is 5.73 Å². The quantitative estimate of drug-likeness (QED) is 0.773. The summed E-state index contributed by atoms with van der Waals surface area (Å²) in [6, 6.07) is 8.06. The maximum Gasteiger partial charge on any atom is 0.0410 e. The average molecular weight is 200 g/mol. The SMILES string of the molecule is CCCCc1cc2c(N)cccc2cn1. The zero-order valence-electron chi connectivity index (χ0n) is 9.03. The van der Waals surface area contributed by atoms with Gasteiger partial charge in [0.1, 0.15) is 0 Å². The second-order valence-electron chi connectivity index (χ2n) is 3.85. The van der Waals surface area contributed by atoms with E-state index in [1.54, 1.807) is 0 Å². The smallest absolute Gasteiger partial charge is 0.0410 e. The van der Waals surface area contributed by atoms with Crippen molar-refractivity contribution in [3.05, 3.63) is 36.2 Å². The number of hydrogen-bond acceptors (Lipinski definition) is 2. The molecule has 0 amide bonds. The molecule has 0 bridgehead atoms. The highest BCUT2D eigenvalue weighted by Crippen LogP contribution is 2.21. The van der Waals surface area contributed by atoms with Gasteiger partial charge in [0.2, 0.25) is 0 Å². The number of nitrogen functional groups attached to an aromatic ring is 1. The Labute approximate surface area is 90.1 Å². The molecule has 2 rings (SSSR count). The molecule has 0 fully saturated rings. The highest BCUT2D eigenvalue weighted by molar-refractivity contribution is 5.92. The van der Waals surface area contributed by atoms with Crippen LogP contribution >= 0.6 is 0 Å². The van der Waals surface area contributed by atoms with E-state index < -0.39 is 0 Å². The summed E-state index contributed by atoms with van der Waals surface area (Å²) in [6.07, 6.45) is 5.34. The van der Waals surface area contributed by atoms with Crippen LogP contribution in [0.5, 0.6) is 0 Å². The Balaban J connectivity index is 2.41. The number of unbranched alkanes of at least 4 members (excludes halogenated alkanes) is 1. The molecule has 0 aliphatic heterocycles. The van der Waals surface area contributed by atoms with Gasteiger partial charge in [-0.05, 0) is 25.0 Å². The van der Waals surface area contributed by atoms with Crippen LogP contribution in [0.3, 0.4) is 0 Å². The molecule has 1 heterocycles. The molecule has 0 aliphatic carbocycles. The molecule has 0 radical (unpaired) electrons. The van der Waals surface area contributed by atoms with E-state index in [1.807, 2.05) is 24.4 Å². The van der Waals surface area contributed by atoms with Gasteiger partial charge in [-0.15, -0.1) is 0 Å². The molecule has 0 unspecified atom stereocenters. The summed E-state index contributed by atoms with van der Waals surface area (Å²) in [4.78, 5) is 4.43. The van der Waals surface area contributed by atoms with Gasteiger partial charge in [-0.1, -0.05) is 25.5 Å². The lowest BCUT2D eigenvalue weighted by atomic mass is 10.1. The van der Waals surface area contributed by atoms with Crippen molar-refractivity contribution in [1.29, 1.82) is 0 Å². The van der Waals surface area contributed by atoms with Crippen molar-refractivity contribution in [2.24, 2.45) is 0 Å². The Morgan fingerprint density at radius 3 is 3.00 bits per heavy atom. The molecule has 0 saturated heterocycles. The van der Waals surface area contributed by atoms with Crippen LogP contribution in [0.2, 0.25) is 0 Å². The summed E-state index contributed by atoms with van der Waals surface area (Å²) in [6.45, 7) is 2.19. The van der Waals surface area contributed by atoms with E-state index in [4.69, 9.17) is 5.73 Å². The lowest BCUT2D eigenvalue weighted by Gasteiger charge is -2.04. The number of anilines is 1. The maximum absolute atomic E-state index is 5.93. The average Bonchev–Trinajstić information content (AvgIpc) is 2.27. The molecule has 1 aromatic heterocycles. The standard InChI is InChI=1S/C13H16N2/c1-2-3-6-11-8-12-10(9-15-11)5-4-7-13(12)14/h4-5,7-9H,2-3,6,14H2,1H3. The molecule has 2 nitrogen and oxygen atoms in total. The third-order valence-corrected chi connectivity index (χ3v) is 2.64. The van der Waals surface area contributed by atoms with E-state index in [9.17, 15) is 0 Å². The first-order chi connectivity index (χ1) is 7.31. The first-order valence-corrected chi connectivity index (χ1v) is 5.44. The fourth-order valence-corrected chi connectivity index (χ4v) is 1.73. The Morgan fingerprint density at radius 1 is 1.33 bits per heavy atom. The van der Waals surface area contributed by atoms with Gasteiger partial charge < -0.3 is 5.73 Å². The zero-order chi connectivity index (χ0) is 10.7. The third-order valence-electron chi connectivity index (χ3n) is 2.64. The number of benzene rings is 1. The molecule has 0 saturated carbocycles. The predicted octanol–water partition coefficient (Wildman–Crippen LogP) is 3.16. The van der Waals surface area contributed by atoms with Gasteiger partial charge >= 0.3 is 0 Å². The Bertz CT molecular complexity index is 463. The van der Waals surface area contributed by atoms with Gasteiger partial charge in [0.05, 0.1) is 0 Å². The maximum atomic E-state index is 5.93. The van der Waals surface area contributed by atoms with Gasteiger partial charge in [-0.2, -0.15) is 0 Å². The lowest BCUT2D eigenvalue weighted by Crippen LogP contribution is -1.92. The molecule has 2 heteroatoms. The van der Waals surface area contributed by atoms with Crippen molar-refractivity contribution in [1.82, 2.24) is 4.98 Å². The molecule has 1 aromatic carbocycles. The van der Waals surface area contributed by atoms with E-state index in [2.05, 4.69) is 18.0 Å². The van der Waals surface area contributed by atoms with Crippen LogP contribution < -0.4 is 5.73 Å². The summed E-state index contributed by atoms with van der Waals surface area (Å²) >= 11 is 0. The molecule has 78 valence electrons. The highest BCUT2D eigenvalue weighted by atomic mass is 14.7. The van der Waals surface area contributed by atoms with Crippen molar-refractivity contribution in [2.45, 2.75) is 26.2 Å². The van der Waals surface area contributed by atoms with Crippen molar-refractivity contribution >= 4 is 16.5 Å². The minimum absolute atomic E-state index is 0.840. The van der Waals surface area contributed by atoms with Gasteiger partial charge in [-0.25, -0.2) is 0 Å². The monoisotopic (exact) mass is 200 g/mol. The van der Waals surface area contributed by atoms with Gasteiger partial charge in [-0.3, -0.25) is 4.98 Å². The lowest BCUT2D eigenvalue weighted by molar-refractivity contribution is 0.778. The number of aryl methyl sites for hydroxylation is 1. The van der Waals surface area contributed by atoms with Crippen LogP contribution in [-0.2, 0) is 6.42 Å². The van der Waals surface area contributed by atoms with Crippen molar-refractivity contribution in [3.63, 3.8) is 0 Å². The normalized spacial score (nSPS) is 10.7. The topological polar surface area (TPSA) is 38.9 Å². The fourth-order valence-electron chi connectivity index (χ4n) is 1.73. The summed E-state index contributed by atoms with van der Waals surface area (Å²) < 4.78 is 0. The van der Waals surface area contributed by atoms with Crippen LogP contribution in [0.1, 0.15) is 25.5 Å². The molecule has 2 N–H and O–H groups in total. The number of nitrogens with two attached hydrogens (primary N) is 1. The summed E-state index contributed by atoms with van der Waals surface area (Å²) in [5, 5.41) is 2.24. The Kier molecular flexibility index (Phi) is 2.86. The van der Waals surface area contributed by atoms with E-state index in [0.29, 0.717) is 0 Å². The molecule has 15 heavy (non-hydrogen) atoms. The summed E-state index contributed by atoms with van der Waals surface area (Å²) in [5.74, 6) is 0. The first-order valence-electron chi connectivity index (χ1n) is 5.44. The third kappa shape index (κ3) is 2.09. The summed E-state index contributed by atoms with van der Waals surface area (Å²) in [7, 11) is 0. The zero-order valence-corrected chi connectivity index (χ0v) is 9.03. The molecular weight excluding hydrogens is 184 g/mol. The summed E-state index contributed by atoms with van der Waals surface area (Å²) in [5.41, 5.74) is 7.91. The molecule has 0 atom stereocenters. The van der Waals surface area contributed by atoms with E-state index in [1.165, 1.54) is 12.8 Å². The molecule has 0 spiro atoms. The predicted molar refractivity (Wildman–Crippen MR) is 64.8 cm³/mol. The minimum Gasteiger partial charge on any atom is -0.398 e. The Hall–Kier alpha value is -1.57. The number of rotatable bonds is 3. The van der Waals surface area contributed by atoms with Crippen LogP contribution in [0.15, 0.2) is 30.5 Å². The van der Waals surface area contributed by atoms with Crippen molar-refractivity contribution < 1.29 is 0 Å². The Morgan fingerprint density at radius 2 is 2.20 bits per heavy atom. The van der Waals surface area contributed by atoms with Crippen LogP contribution in [0.4, 0.5) is 5.69 Å². The highest BCUT2D eigenvalue weighted by Gasteiger charge is 2.00. The van der Waals surface area contributed by atoms with Gasteiger partial charge in [0.25, 0.3) is 0 Å². The second kappa shape index (κ2) is 4.30. The number of fused-ring (bicyclic) bond motifs is 1. The first kappa shape index (κ1) is 9.97. The molecule has 0 aliphatic rings. The molecular formula is C13H16N2. The van der Waals surface area contributed by atoms with E-state index in [-0.39, 0.29) is 0 Å².